The van der Waals surface area contributed by atoms with E-state index in [1.807, 2.05) is 18.2 Å². The summed E-state index contributed by atoms with van der Waals surface area (Å²) in [6.07, 6.45) is 0.582. The summed E-state index contributed by atoms with van der Waals surface area (Å²) in [6, 6.07) is 11.3. The smallest absolute Gasteiger partial charge is 0.315 e. The second-order valence-corrected chi connectivity index (χ2v) is 6.14. The number of hydrogen-bond acceptors (Lipinski definition) is 4. The summed E-state index contributed by atoms with van der Waals surface area (Å²) < 4.78 is 29.1. The molecule has 1 aromatic rings. The molecule has 8 heteroatoms. The van der Waals surface area contributed by atoms with E-state index in [2.05, 4.69) is 19.1 Å². The average Bonchev–Trinajstić information content (AvgIpc) is 2.42. The number of unbranched alkanes of at least 4 members (excludes halogenated alkanes) is 1. The van der Waals surface area contributed by atoms with Gasteiger partial charge in [0.2, 0.25) is 0 Å². The molecular formula is C14H21N3O4S. The Bertz CT molecular complexity index is 582. The first kappa shape index (κ1) is 19.9. The van der Waals surface area contributed by atoms with E-state index < -0.39 is 16.1 Å². The van der Waals surface area contributed by atoms with Crippen molar-refractivity contribution in [1.29, 1.82) is 5.26 Å². The minimum Gasteiger partial charge on any atom is -0.351 e. The molecule has 0 unspecified atom stereocenters. The fraction of sp³-hybridized carbons (Fsp3) is 0.429. The minimum atomic E-state index is -3.95. The van der Waals surface area contributed by atoms with Crippen molar-refractivity contribution < 1.29 is 17.8 Å². The normalized spacial score (nSPS) is 10.0. The second kappa shape index (κ2) is 10.6. The third-order valence-electron chi connectivity index (χ3n) is 2.59. The number of nitrogens with two attached hydrogens (primary N) is 1. The fourth-order valence-electron chi connectivity index (χ4n) is 1.47. The van der Waals surface area contributed by atoms with Crippen LogP contribution in [0.2, 0.25) is 0 Å². The van der Waals surface area contributed by atoms with E-state index in [-0.39, 0.29) is 25.3 Å². The molecule has 0 atom stereocenters. The second-order valence-electron chi connectivity index (χ2n) is 4.57. The zero-order valence-corrected chi connectivity index (χ0v) is 13.3. The molecule has 0 aromatic heterocycles. The van der Waals surface area contributed by atoms with Crippen molar-refractivity contribution in [2.75, 3.05) is 18.8 Å². The van der Waals surface area contributed by atoms with Gasteiger partial charge in [-0.25, -0.2) is 4.79 Å². The number of hydrogen-bond donors (Lipinski definition) is 2. The predicted molar refractivity (Wildman–Crippen MR) is 83.6 cm³/mol. The molecule has 0 bridgehead atoms. The number of benzene rings is 1. The summed E-state index contributed by atoms with van der Waals surface area (Å²) in [5.74, 6) is -0.355. The molecule has 0 radical (unpaired) electrons. The molecule has 122 valence electrons. The molecule has 0 spiro atoms. The van der Waals surface area contributed by atoms with Gasteiger partial charge in [0.25, 0.3) is 10.1 Å². The van der Waals surface area contributed by atoms with Crippen LogP contribution in [0.15, 0.2) is 30.3 Å². The molecule has 0 aliphatic heterocycles. The average molecular weight is 327 g/mol. The van der Waals surface area contributed by atoms with Crippen LogP contribution >= 0.6 is 0 Å². The maximum atomic E-state index is 10.7. The van der Waals surface area contributed by atoms with E-state index in [4.69, 9.17) is 15.5 Å². The summed E-state index contributed by atoms with van der Waals surface area (Å²) in [5.41, 5.74) is 6.28. The van der Waals surface area contributed by atoms with Gasteiger partial charge < -0.3 is 10.6 Å². The maximum Gasteiger partial charge on any atom is 0.315 e. The summed E-state index contributed by atoms with van der Waals surface area (Å²) in [7, 11) is -3.95. The highest BCUT2D eigenvalue weighted by Gasteiger charge is 2.09. The van der Waals surface area contributed by atoms with E-state index in [0.717, 1.165) is 4.90 Å². The van der Waals surface area contributed by atoms with Gasteiger partial charge in [-0.3, -0.25) is 4.55 Å². The molecule has 0 saturated heterocycles. The topological polar surface area (TPSA) is 124 Å². The zero-order valence-electron chi connectivity index (χ0n) is 12.5. The lowest BCUT2D eigenvalue weighted by Gasteiger charge is -2.15. The Morgan fingerprint density at radius 2 is 1.91 bits per heavy atom. The van der Waals surface area contributed by atoms with Gasteiger partial charge in [0, 0.05) is 6.54 Å². The molecular weight excluding hydrogens is 306 g/mol. The summed E-state index contributed by atoms with van der Waals surface area (Å²) in [6.45, 7) is 2.17. The van der Waals surface area contributed by atoms with Crippen LogP contribution in [0.5, 0.6) is 0 Å². The van der Waals surface area contributed by atoms with E-state index >= 15 is 0 Å². The first-order valence-corrected chi connectivity index (χ1v) is 8.25. The quantitative estimate of drug-likeness (QED) is 0.466. The Kier molecular flexibility index (Phi) is 9.58. The van der Waals surface area contributed by atoms with Gasteiger partial charge in [0.05, 0.1) is 11.8 Å². The molecule has 7 nitrogen and oxygen atoms in total. The highest BCUT2D eigenvalue weighted by atomic mass is 32.2. The van der Waals surface area contributed by atoms with E-state index in [0.29, 0.717) is 6.42 Å². The molecule has 0 saturated carbocycles. The molecule has 22 heavy (non-hydrogen) atoms. The number of primary amides is 1. The molecule has 0 heterocycles. The highest BCUT2D eigenvalue weighted by molar-refractivity contribution is 7.85. The number of carbonyl (C=O) groups excluding carboxylic acids is 1. The van der Waals surface area contributed by atoms with Crippen LogP contribution in [0.4, 0.5) is 4.79 Å². The lowest BCUT2D eigenvalue weighted by molar-refractivity contribution is 0.213. The number of carbonyl (C=O) groups is 1. The number of nitrogens with zero attached hydrogens (tertiary/aromatic N) is 2. The Morgan fingerprint density at radius 1 is 1.32 bits per heavy atom. The van der Waals surface area contributed by atoms with Crippen LogP contribution in [0.1, 0.15) is 18.4 Å². The van der Waals surface area contributed by atoms with Crippen molar-refractivity contribution in [2.24, 2.45) is 5.73 Å². The summed E-state index contributed by atoms with van der Waals surface area (Å²) >= 11 is 0. The van der Waals surface area contributed by atoms with Crippen molar-refractivity contribution >= 4 is 16.1 Å². The highest BCUT2D eigenvalue weighted by Crippen LogP contribution is 1.97. The molecule has 1 aromatic carbocycles. The molecule has 1 rings (SSSR count). The van der Waals surface area contributed by atoms with Crippen molar-refractivity contribution in [2.45, 2.75) is 19.8 Å². The lowest BCUT2D eigenvalue weighted by atomic mass is 10.2. The van der Waals surface area contributed by atoms with Gasteiger partial charge in [0.1, 0.15) is 6.54 Å². The SMILES string of the molecule is Cc1ccccc1.N#CCN(CCCCS(=O)(=O)O)C(N)=O. The molecule has 0 fully saturated rings. The van der Waals surface area contributed by atoms with Crippen LogP contribution < -0.4 is 5.73 Å². The third kappa shape index (κ3) is 11.7. The largest absolute Gasteiger partial charge is 0.351 e. The van der Waals surface area contributed by atoms with Crippen LogP contribution in [-0.2, 0) is 10.1 Å². The van der Waals surface area contributed by atoms with Gasteiger partial charge in [0.15, 0.2) is 0 Å². The number of nitriles is 1. The van der Waals surface area contributed by atoms with E-state index in [1.54, 1.807) is 6.07 Å². The molecule has 3 N–H and O–H groups in total. The van der Waals surface area contributed by atoms with Gasteiger partial charge in [-0.1, -0.05) is 35.9 Å². The standard InChI is InChI=1S/C7H13N3O4S.C7H8/c8-3-5-10(7(9)11)4-1-2-6-15(12,13)14;1-7-5-3-2-4-6-7/h1-2,4-6H2,(H2,9,11)(H,12,13,14);2-6H,1H3. The lowest BCUT2D eigenvalue weighted by Crippen LogP contribution is -2.36. The molecule has 2 amide bonds. The molecule has 0 aliphatic carbocycles. The first-order valence-electron chi connectivity index (χ1n) is 6.64. The monoisotopic (exact) mass is 327 g/mol. The number of aryl methyl sites for hydroxylation is 1. The van der Waals surface area contributed by atoms with Crippen LogP contribution in [0.3, 0.4) is 0 Å². The van der Waals surface area contributed by atoms with Crippen molar-refractivity contribution in [3.8, 4) is 6.07 Å². The van der Waals surface area contributed by atoms with Crippen LogP contribution in [0, 0.1) is 18.3 Å². The Balaban J connectivity index is 0.000000518. The van der Waals surface area contributed by atoms with Gasteiger partial charge in [-0.15, -0.1) is 0 Å². The van der Waals surface area contributed by atoms with Gasteiger partial charge in [-0.2, -0.15) is 13.7 Å². The van der Waals surface area contributed by atoms with Crippen molar-refractivity contribution in [3.63, 3.8) is 0 Å². The van der Waals surface area contributed by atoms with E-state index in [1.165, 1.54) is 5.56 Å². The molecule has 0 aliphatic rings. The Labute approximate surface area is 131 Å². The fourth-order valence-corrected chi connectivity index (χ4v) is 2.04. The van der Waals surface area contributed by atoms with E-state index in [9.17, 15) is 13.2 Å². The van der Waals surface area contributed by atoms with Crippen LogP contribution in [0.25, 0.3) is 0 Å². The van der Waals surface area contributed by atoms with Crippen molar-refractivity contribution in [1.82, 2.24) is 4.90 Å². The predicted octanol–water partition coefficient (Wildman–Crippen LogP) is 1.55. The summed E-state index contributed by atoms with van der Waals surface area (Å²) in [4.78, 5) is 11.8. The number of rotatable bonds is 6. The van der Waals surface area contributed by atoms with Crippen molar-refractivity contribution in [3.05, 3.63) is 35.9 Å². The maximum absolute atomic E-state index is 10.7. The number of amides is 2. The van der Waals surface area contributed by atoms with Gasteiger partial charge >= 0.3 is 6.03 Å². The Hall–Kier alpha value is -2.11. The van der Waals surface area contributed by atoms with Gasteiger partial charge in [-0.05, 0) is 19.8 Å². The first-order chi connectivity index (χ1) is 10.3. The zero-order chi connectivity index (χ0) is 17.0. The third-order valence-corrected chi connectivity index (χ3v) is 3.40. The Morgan fingerprint density at radius 3 is 2.27 bits per heavy atom. The minimum absolute atomic E-state index is 0.124. The number of urea groups is 1. The van der Waals surface area contributed by atoms with Crippen LogP contribution in [-0.4, -0.2) is 42.7 Å². The summed E-state index contributed by atoms with van der Waals surface area (Å²) in [5, 5.41) is 8.34.